The van der Waals surface area contributed by atoms with Gasteiger partial charge in [-0.2, -0.15) is 0 Å². The summed E-state index contributed by atoms with van der Waals surface area (Å²) in [7, 11) is 1.56. The van der Waals surface area contributed by atoms with E-state index in [0.29, 0.717) is 50.6 Å². The number of hydrogen-bond donors (Lipinski definition) is 1. The second-order valence-corrected chi connectivity index (χ2v) is 8.04. The molecule has 9 nitrogen and oxygen atoms in total. The van der Waals surface area contributed by atoms with Crippen molar-refractivity contribution in [3.05, 3.63) is 24.3 Å². The summed E-state index contributed by atoms with van der Waals surface area (Å²) < 4.78 is 15.9. The van der Waals surface area contributed by atoms with Crippen LogP contribution in [0.3, 0.4) is 0 Å². The van der Waals surface area contributed by atoms with Crippen molar-refractivity contribution in [1.29, 1.82) is 0 Å². The molecule has 1 N–H and O–H groups in total. The number of piperidine rings is 1. The molecule has 9 heteroatoms. The van der Waals surface area contributed by atoms with Crippen LogP contribution in [0.2, 0.25) is 0 Å². The van der Waals surface area contributed by atoms with E-state index >= 15 is 0 Å². The zero-order valence-electron chi connectivity index (χ0n) is 18.9. The molecule has 1 aromatic carbocycles. The van der Waals surface area contributed by atoms with Gasteiger partial charge in [-0.1, -0.05) is 12.1 Å². The van der Waals surface area contributed by atoms with Gasteiger partial charge < -0.3 is 29.3 Å². The molecule has 1 saturated heterocycles. The van der Waals surface area contributed by atoms with Crippen molar-refractivity contribution in [3.8, 4) is 11.5 Å². The van der Waals surface area contributed by atoms with E-state index < -0.39 is 0 Å². The van der Waals surface area contributed by atoms with Gasteiger partial charge in [0.25, 0.3) is 5.91 Å². The second kappa shape index (κ2) is 11.6. The molecule has 3 amide bonds. The minimum atomic E-state index is -0.300. The number of carbonyl (C=O) groups excluding carboxylic acids is 3. The van der Waals surface area contributed by atoms with Crippen molar-refractivity contribution in [3.63, 3.8) is 0 Å². The molecule has 1 saturated carbocycles. The van der Waals surface area contributed by atoms with Crippen LogP contribution in [-0.4, -0.2) is 79.7 Å². The second-order valence-electron chi connectivity index (χ2n) is 8.04. The third-order valence-electron chi connectivity index (χ3n) is 5.69. The van der Waals surface area contributed by atoms with Gasteiger partial charge in [0.2, 0.25) is 5.91 Å². The molecule has 0 atom stereocenters. The minimum absolute atomic E-state index is 0.0344. The average Bonchev–Trinajstić information content (AvgIpc) is 3.64. The van der Waals surface area contributed by atoms with Gasteiger partial charge in [-0.3, -0.25) is 9.59 Å². The van der Waals surface area contributed by atoms with Crippen LogP contribution in [0.4, 0.5) is 4.79 Å². The molecule has 0 spiro atoms. The van der Waals surface area contributed by atoms with Gasteiger partial charge in [-0.15, -0.1) is 0 Å². The van der Waals surface area contributed by atoms with Gasteiger partial charge in [0.15, 0.2) is 18.1 Å². The normalized spacial score (nSPS) is 16.2. The summed E-state index contributed by atoms with van der Waals surface area (Å²) in [6, 6.07) is 7.41. The van der Waals surface area contributed by atoms with Crippen molar-refractivity contribution < 1.29 is 28.6 Å². The third-order valence-corrected chi connectivity index (χ3v) is 5.69. The van der Waals surface area contributed by atoms with Crippen molar-refractivity contribution in [1.82, 2.24) is 15.1 Å². The fraction of sp³-hybridized carbons (Fsp3) is 0.609. The first-order valence-corrected chi connectivity index (χ1v) is 11.3. The number of para-hydroxylation sites is 2. The highest BCUT2D eigenvalue weighted by molar-refractivity contribution is 5.80. The van der Waals surface area contributed by atoms with Crippen LogP contribution in [0, 0.1) is 0 Å². The Labute approximate surface area is 189 Å². The van der Waals surface area contributed by atoms with Crippen LogP contribution in [0.5, 0.6) is 11.5 Å². The Morgan fingerprint density at radius 1 is 1.09 bits per heavy atom. The van der Waals surface area contributed by atoms with Gasteiger partial charge in [0, 0.05) is 38.1 Å². The maximum atomic E-state index is 12.7. The third kappa shape index (κ3) is 6.77. The number of amides is 3. The lowest BCUT2D eigenvalue weighted by Gasteiger charge is -2.31. The van der Waals surface area contributed by atoms with Gasteiger partial charge in [0.05, 0.1) is 13.7 Å². The van der Waals surface area contributed by atoms with Crippen molar-refractivity contribution in [2.45, 2.75) is 51.1 Å². The molecule has 0 aromatic heterocycles. The Balaban J connectivity index is 1.41. The molecule has 2 aliphatic rings. The van der Waals surface area contributed by atoms with Crippen molar-refractivity contribution in [2.75, 3.05) is 40.0 Å². The SMILES string of the molecule is CCOC(=O)N1CCC(NC(=O)CCN(C(=O)COc2ccccc2OC)C2CC2)CC1. The average molecular weight is 448 g/mol. The number of methoxy groups -OCH3 is 1. The first-order chi connectivity index (χ1) is 15.5. The smallest absolute Gasteiger partial charge is 0.409 e. The van der Waals surface area contributed by atoms with Crippen molar-refractivity contribution >= 4 is 17.9 Å². The van der Waals surface area contributed by atoms with E-state index in [9.17, 15) is 14.4 Å². The number of nitrogens with one attached hydrogen (secondary N) is 1. The van der Waals surface area contributed by atoms with E-state index in [2.05, 4.69) is 5.32 Å². The predicted octanol–water partition coefficient (Wildman–Crippen LogP) is 2.19. The molecule has 176 valence electrons. The van der Waals surface area contributed by atoms with Crippen LogP contribution in [0.1, 0.15) is 39.0 Å². The van der Waals surface area contributed by atoms with E-state index in [-0.39, 0.29) is 43.0 Å². The van der Waals surface area contributed by atoms with Crippen LogP contribution >= 0.6 is 0 Å². The molecular formula is C23H33N3O6. The first-order valence-electron chi connectivity index (χ1n) is 11.3. The summed E-state index contributed by atoms with van der Waals surface area (Å²) in [6.07, 6.45) is 3.24. The number of rotatable bonds is 10. The molecule has 1 aliphatic heterocycles. The summed E-state index contributed by atoms with van der Waals surface area (Å²) in [6.45, 7) is 3.55. The number of carbonyl (C=O) groups is 3. The van der Waals surface area contributed by atoms with Gasteiger partial charge >= 0.3 is 6.09 Å². The van der Waals surface area contributed by atoms with Crippen LogP contribution in [-0.2, 0) is 14.3 Å². The molecule has 32 heavy (non-hydrogen) atoms. The van der Waals surface area contributed by atoms with Gasteiger partial charge in [-0.05, 0) is 44.7 Å². The number of ether oxygens (including phenoxy) is 3. The fourth-order valence-corrected chi connectivity index (χ4v) is 3.80. The highest BCUT2D eigenvalue weighted by Crippen LogP contribution is 2.28. The van der Waals surface area contributed by atoms with Crippen LogP contribution in [0.25, 0.3) is 0 Å². The minimum Gasteiger partial charge on any atom is -0.493 e. The van der Waals surface area contributed by atoms with E-state index in [1.807, 2.05) is 12.1 Å². The van der Waals surface area contributed by atoms with Crippen LogP contribution < -0.4 is 14.8 Å². The molecule has 0 radical (unpaired) electrons. The molecule has 2 fully saturated rings. The summed E-state index contributed by atoms with van der Waals surface area (Å²) >= 11 is 0. The summed E-state index contributed by atoms with van der Waals surface area (Å²) in [5.41, 5.74) is 0. The Bertz CT molecular complexity index is 790. The molecule has 3 rings (SSSR count). The molecule has 1 aliphatic carbocycles. The zero-order chi connectivity index (χ0) is 22.9. The lowest BCUT2D eigenvalue weighted by molar-refractivity contribution is -0.134. The summed E-state index contributed by atoms with van der Waals surface area (Å²) in [5.74, 6) is 0.885. The fourth-order valence-electron chi connectivity index (χ4n) is 3.80. The number of likely N-dealkylation sites (tertiary alicyclic amines) is 1. The maximum absolute atomic E-state index is 12.7. The monoisotopic (exact) mass is 447 g/mol. The predicted molar refractivity (Wildman–Crippen MR) is 118 cm³/mol. The number of hydrogen-bond acceptors (Lipinski definition) is 6. The van der Waals surface area contributed by atoms with Gasteiger partial charge in [0.1, 0.15) is 0 Å². The van der Waals surface area contributed by atoms with E-state index in [1.165, 1.54) is 0 Å². The molecule has 1 aromatic rings. The highest BCUT2D eigenvalue weighted by atomic mass is 16.6. The quantitative estimate of drug-likeness (QED) is 0.591. The standard InChI is InChI=1S/C23H33N3O6/c1-3-31-23(29)25-13-10-17(11-14-25)24-21(27)12-15-26(18-8-9-18)22(28)16-32-20-7-5-4-6-19(20)30-2/h4-7,17-18H,3,8-16H2,1-2H3,(H,24,27). The highest BCUT2D eigenvalue weighted by Gasteiger charge is 2.33. The zero-order valence-corrected chi connectivity index (χ0v) is 18.9. The molecule has 1 heterocycles. The maximum Gasteiger partial charge on any atom is 0.409 e. The molecular weight excluding hydrogens is 414 g/mol. The summed E-state index contributed by atoms with van der Waals surface area (Å²) in [4.78, 5) is 40.4. The lowest BCUT2D eigenvalue weighted by Crippen LogP contribution is -2.47. The Morgan fingerprint density at radius 3 is 2.41 bits per heavy atom. The van der Waals surface area contributed by atoms with E-state index in [0.717, 1.165) is 12.8 Å². The Kier molecular flexibility index (Phi) is 8.58. The van der Waals surface area contributed by atoms with Crippen molar-refractivity contribution in [2.24, 2.45) is 0 Å². The summed E-state index contributed by atoms with van der Waals surface area (Å²) in [5, 5.41) is 3.03. The first kappa shape index (κ1) is 23.7. The Hall–Kier alpha value is -2.97. The number of nitrogens with zero attached hydrogens (tertiary/aromatic N) is 2. The lowest BCUT2D eigenvalue weighted by atomic mass is 10.1. The topological polar surface area (TPSA) is 97.4 Å². The van der Waals surface area contributed by atoms with E-state index in [4.69, 9.17) is 14.2 Å². The van der Waals surface area contributed by atoms with Gasteiger partial charge in [-0.25, -0.2) is 4.79 Å². The number of benzene rings is 1. The molecule has 0 bridgehead atoms. The Morgan fingerprint density at radius 2 is 1.78 bits per heavy atom. The van der Waals surface area contributed by atoms with Crippen LogP contribution in [0.15, 0.2) is 24.3 Å². The van der Waals surface area contributed by atoms with E-state index in [1.54, 1.807) is 36.0 Å². The molecule has 0 unspecified atom stereocenters. The largest absolute Gasteiger partial charge is 0.493 e.